The molecule has 1 aromatic rings. The summed E-state index contributed by atoms with van der Waals surface area (Å²) in [6, 6.07) is 6.98. The highest BCUT2D eigenvalue weighted by Gasteiger charge is 2.21. The van der Waals surface area contributed by atoms with Gasteiger partial charge in [-0.15, -0.1) is 0 Å². The third-order valence-corrected chi connectivity index (χ3v) is 2.94. The monoisotopic (exact) mass is 280 g/mol. The van der Waals surface area contributed by atoms with Crippen LogP contribution in [-0.4, -0.2) is 53.8 Å². The minimum atomic E-state index is -0.950. The van der Waals surface area contributed by atoms with Crippen molar-refractivity contribution in [2.45, 2.75) is 25.4 Å². The molecule has 20 heavy (non-hydrogen) atoms. The van der Waals surface area contributed by atoms with Crippen LogP contribution in [-0.2, 0) is 11.2 Å². The summed E-state index contributed by atoms with van der Waals surface area (Å²) in [6.45, 7) is 2.38. The minimum Gasteiger partial charge on any atom is -0.508 e. The SMILES string of the molecule is CN(C)CC(C)(O)CNC(=O)CCc1ccccc1O. The number of likely N-dealkylation sites (N-methyl/N-ethyl adjacent to an activating group) is 1. The highest BCUT2D eigenvalue weighted by molar-refractivity contribution is 5.76. The first-order valence-electron chi connectivity index (χ1n) is 6.71. The number of phenolic OH excluding ortho intramolecular Hbond substituents is 1. The van der Waals surface area contributed by atoms with Gasteiger partial charge >= 0.3 is 0 Å². The van der Waals surface area contributed by atoms with Crippen LogP contribution < -0.4 is 5.32 Å². The quantitative estimate of drug-likeness (QED) is 0.689. The third kappa shape index (κ3) is 6.04. The van der Waals surface area contributed by atoms with Crippen LogP contribution in [0.4, 0.5) is 0 Å². The molecule has 0 aliphatic heterocycles. The van der Waals surface area contributed by atoms with Gasteiger partial charge in [-0.05, 0) is 39.1 Å². The number of hydrogen-bond acceptors (Lipinski definition) is 4. The van der Waals surface area contributed by atoms with Crippen LogP contribution in [0.3, 0.4) is 0 Å². The van der Waals surface area contributed by atoms with Crippen molar-refractivity contribution in [2.24, 2.45) is 0 Å². The van der Waals surface area contributed by atoms with E-state index < -0.39 is 5.60 Å². The number of para-hydroxylation sites is 1. The molecule has 3 N–H and O–H groups in total. The van der Waals surface area contributed by atoms with Gasteiger partial charge < -0.3 is 20.4 Å². The molecule has 0 aliphatic carbocycles. The number of amides is 1. The first kappa shape index (κ1) is 16.5. The molecule has 5 nitrogen and oxygen atoms in total. The van der Waals surface area contributed by atoms with E-state index >= 15 is 0 Å². The minimum absolute atomic E-state index is 0.132. The molecule has 1 atom stereocenters. The topological polar surface area (TPSA) is 72.8 Å². The zero-order valence-corrected chi connectivity index (χ0v) is 12.4. The number of carbonyl (C=O) groups excluding carboxylic acids is 1. The second kappa shape index (κ2) is 7.26. The molecule has 0 saturated carbocycles. The summed E-state index contributed by atoms with van der Waals surface area (Å²) in [5.41, 5.74) is -0.198. The van der Waals surface area contributed by atoms with E-state index in [9.17, 15) is 15.0 Å². The van der Waals surface area contributed by atoms with Crippen molar-refractivity contribution in [2.75, 3.05) is 27.2 Å². The Kier molecular flexibility index (Phi) is 5.98. The Bertz CT molecular complexity index is 444. The van der Waals surface area contributed by atoms with Crippen molar-refractivity contribution in [1.29, 1.82) is 0 Å². The van der Waals surface area contributed by atoms with Crippen LogP contribution in [0.25, 0.3) is 0 Å². The maximum Gasteiger partial charge on any atom is 0.220 e. The number of aromatic hydroxyl groups is 1. The number of aliphatic hydroxyl groups is 1. The summed E-state index contributed by atoms with van der Waals surface area (Å²) in [7, 11) is 3.74. The number of aryl methyl sites for hydroxylation is 1. The van der Waals surface area contributed by atoms with Crippen LogP contribution in [0.5, 0.6) is 5.75 Å². The maximum atomic E-state index is 11.7. The Morgan fingerprint density at radius 3 is 2.60 bits per heavy atom. The van der Waals surface area contributed by atoms with Gasteiger partial charge in [0.2, 0.25) is 5.91 Å². The molecule has 5 heteroatoms. The molecule has 0 aliphatic rings. The van der Waals surface area contributed by atoms with Crippen molar-refractivity contribution in [3.8, 4) is 5.75 Å². The number of nitrogens with zero attached hydrogens (tertiary/aromatic N) is 1. The number of carbonyl (C=O) groups is 1. The number of hydrogen-bond donors (Lipinski definition) is 3. The molecule has 1 unspecified atom stereocenters. The average Bonchev–Trinajstić information content (AvgIpc) is 2.34. The largest absolute Gasteiger partial charge is 0.508 e. The number of benzene rings is 1. The summed E-state index contributed by atoms with van der Waals surface area (Å²) < 4.78 is 0. The molecule has 0 fully saturated rings. The molecule has 1 aromatic carbocycles. The number of nitrogens with one attached hydrogen (secondary N) is 1. The lowest BCUT2D eigenvalue weighted by atomic mass is 10.1. The van der Waals surface area contributed by atoms with Crippen LogP contribution >= 0.6 is 0 Å². The highest BCUT2D eigenvalue weighted by atomic mass is 16.3. The summed E-state index contributed by atoms with van der Waals surface area (Å²) in [5, 5.41) is 22.4. The van der Waals surface area contributed by atoms with Crippen molar-refractivity contribution in [3.63, 3.8) is 0 Å². The standard InChI is InChI=1S/C15H24N2O3/c1-15(20,11-17(2)3)10-16-14(19)9-8-12-6-4-5-7-13(12)18/h4-7,18,20H,8-11H2,1-3H3,(H,16,19). The predicted octanol–water partition coefficient (Wildman–Crippen LogP) is 0.754. The first-order valence-corrected chi connectivity index (χ1v) is 6.71. The van der Waals surface area contributed by atoms with E-state index in [1.54, 1.807) is 25.1 Å². The molecule has 0 aromatic heterocycles. The van der Waals surface area contributed by atoms with Gasteiger partial charge in [0.25, 0.3) is 0 Å². The van der Waals surface area contributed by atoms with Crippen molar-refractivity contribution in [1.82, 2.24) is 10.2 Å². The molecule has 0 saturated heterocycles. The molecule has 0 heterocycles. The molecule has 0 spiro atoms. The van der Waals surface area contributed by atoms with E-state index in [4.69, 9.17) is 0 Å². The van der Waals surface area contributed by atoms with Gasteiger partial charge in [-0.2, -0.15) is 0 Å². The zero-order chi connectivity index (χ0) is 15.2. The summed E-state index contributed by atoms with van der Waals surface area (Å²) in [5.74, 6) is 0.0761. The summed E-state index contributed by atoms with van der Waals surface area (Å²) in [4.78, 5) is 13.6. The van der Waals surface area contributed by atoms with Gasteiger partial charge in [-0.25, -0.2) is 0 Å². The fourth-order valence-electron chi connectivity index (χ4n) is 2.08. The Morgan fingerprint density at radius 2 is 2.00 bits per heavy atom. The smallest absolute Gasteiger partial charge is 0.220 e. The Morgan fingerprint density at radius 1 is 1.35 bits per heavy atom. The molecule has 1 rings (SSSR count). The van der Waals surface area contributed by atoms with E-state index in [1.165, 1.54) is 0 Å². The molecular weight excluding hydrogens is 256 g/mol. The van der Waals surface area contributed by atoms with E-state index in [1.807, 2.05) is 25.1 Å². The second-order valence-corrected chi connectivity index (χ2v) is 5.64. The third-order valence-electron chi connectivity index (χ3n) is 2.94. The lowest BCUT2D eigenvalue weighted by molar-refractivity contribution is -0.122. The van der Waals surface area contributed by atoms with Crippen LogP contribution in [0.1, 0.15) is 18.9 Å². The lowest BCUT2D eigenvalue weighted by Crippen LogP contribution is -2.47. The van der Waals surface area contributed by atoms with Gasteiger partial charge in [0.05, 0.1) is 5.60 Å². The van der Waals surface area contributed by atoms with Gasteiger partial charge in [-0.3, -0.25) is 4.79 Å². The lowest BCUT2D eigenvalue weighted by Gasteiger charge is -2.27. The molecule has 112 valence electrons. The average molecular weight is 280 g/mol. The van der Waals surface area contributed by atoms with E-state index in [-0.39, 0.29) is 24.6 Å². The van der Waals surface area contributed by atoms with Crippen molar-refractivity contribution >= 4 is 5.91 Å². The van der Waals surface area contributed by atoms with Crippen LogP contribution in [0.2, 0.25) is 0 Å². The molecule has 0 bridgehead atoms. The summed E-state index contributed by atoms with van der Waals surface area (Å²) in [6.07, 6.45) is 0.768. The molecule has 0 radical (unpaired) electrons. The van der Waals surface area contributed by atoms with Crippen LogP contribution in [0.15, 0.2) is 24.3 Å². The Hall–Kier alpha value is -1.59. The number of phenols is 1. The fourth-order valence-corrected chi connectivity index (χ4v) is 2.08. The highest BCUT2D eigenvalue weighted by Crippen LogP contribution is 2.17. The van der Waals surface area contributed by atoms with E-state index in [0.717, 1.165) is 5.56 Å². The maximum absolute atomic E-state index is 11.7. The van der Waals surface area contributed by atoms with Crippen molar-refractivity contribution < 1.29 is 15.0 Å². The molecular formula is C15H24N2O3. The summed E-state index contributed by atoms with van der Waals surface area (Å²) >= 11 is 0. The van der Waals surface area contributed by atoms with Crippen LogP contribution in [0, 0.1) is 0 Å². The predicted molar refractivity (Wildman–Crippen MR) is 78.6 cm³/mol. The Labute approximate surface area is 120 Å². The zero-order valence-electron chi connectivity index (χ0n) is 12.4. The van der Waals surface area contributed by atoms with Gasteiger partial charge in [-0.1, -0.05) is 18.2 Å². The van der Waals surface area contributed by atoms with E-state index in [0.29, 0.717) is 13.0 Å². The Balaban J connectivity index is 2.36. The first-order chi connectivity index (χ1) is 9.30. The molecule has 1 amide bonds. The normalized spacial score (nSPS) is 14.1. The fraction of sp³-hybridized carbons (Fsp3) is 0.533. The van der Waals surface area contributed by atoms with Gasteiger partial charge in [0, 0.05) is 19.5 Å². The van der Waals surface area contributed by atoms with E-state index in [2.05, 4.69) is 5.32 Å². The second-order valence-electron chi connectivity index (χ2n) is 5.64. The van der Waals surface area contributed by atoms with Gasteiger partial charge in [0.1, 0.15) is 5.75 Å². The number of rotatable bonds is 7. The van der Waals surface area contributed by atoms with Gasteiger partial charge in [0.15, 0.2) is 0 Å². The van der Waals surface area contributed by atoms with Crippen molar-refractivity contribution in [3.05, 3.63) is 29.8 Å².